The lowest BCUT2D eigenvalue weighted by Gasteiger charge is -2.02. The monoisotopic (exact) mass is 276 g/mol. The van der Waals surface area contributed by atoms with E-state index in [4.69, 9.17) is 4.74 Å². The molecule has 0 amide bonds. The molecule has 2 aromatic rings. The lowest BCUT2D eigenvalue weighted by molar-refractivity contribution is -0.384. The van der Waals surface area contributed by atoms with Crippen molar-refractivity contribution in [3.63, 3.8) is 0 Å². The van der Waals surface area contributed by atoms with Gasteiger partial charge >= 0.3 is 5.97 Å². The molecule has 0 saturated heterocycles. The molecule has 0 spiro atoms. The first-order chi connectivity index (χ1) is 9.32. The molecule has 0 atom stereocenters. The van der Waals surface area contributed by atoms with Gasteiger partial charge in [0, 0.05) is 26.0 Å². The molecule has 2 rings (SSSR count). The minimum atomic E-state index is -0.554. The van der Waals surface area contributed by atoms with Crippen LogP contribution < -0.4 is 4.74 Å². The number of ether oxygens (including phenoxy) is 1. The second-order valence-electron chi connectivity index (χ2n) is 4.32. The normalized spacial score (nSPS) is 10.6. The van der Waals surface area contributed by atoms with Crippen LogP contribution in [0.1, 0.15) is 24.3 Å². The Morgan fingerprint density at radius 1 is 1.30 bits per heavy atom. The van der Waals surface area contributed by atoms with Crippen LogP contribution in [0.25, 0.3) is 10.9 Å². The average molecular weight is 276 g/mol. The fourth-order valence-corrected chi connectivity index (χ4v) is 2.17. The van der Waals surface area contributed by atoms with Crippen LogP contribution in [0.3, 0.4) is 0 Å². The van der Waals surface area contributed by atoms with E-state index in [-0.39, 0.29) is 17.3 Å². The number of nitrogens with zero attached hydrogens (tertiary/aromatic N) is 2. The summed E-state index contributed by atoms with van der Waals surface area (Å²) >= 11 is 0. The van der Waals surface area contributed by atoms with Gasteiger partial charge in [0.1, 0.15) is 0 Å². The number of benzene rings is 1. The van der Waals surface area contributed by atoms with Crippen LogP contribution in [-0.2, 0) is 4.79 Å². The Labute approximate surface area is 113 Å². The van der Waals surface area contributed by atoms with Crippen molar-refractivity contribution in [2.24, 2.45) is 0 Å². The van der Waals surface area contributed by atoms with Crippen molar-refractivity contribution in [2.45, 2.75) is 20.8 Å². The first kappa shape index (κ1) is 13.7. The van der Waals surface area contributed by atoms with Crippen molar-refractivity contribution >= 4 is 28.5 Å². The van der Waals surface area contributed by atoms with Gasteiger partial charge < -0.3 is 4.74 Å². The van der Waals surface area contributed by atoms with E-state index in [1.807, 2.05) is 0 Å². The summed E-state index contributed by atoms with van der Waals surface area (Å²) in [6.45, 7) is 4.21. The number of hydrogen-bond acceptors (Lipinski definition) is 5. The number of carbonyl (C=O) groups excluding carboxylic acids is 2. The number of aromatic nitrogens is 1. The summed E-state index contributed by atoms with van der Waals surface area (Å²) in [6.07, 6.45) is 0. The molecule has 104 valence electrons. The van der Waals surface area contributed by atoms with Crippen LogP contribution >= 0.6 is 0 Å². The maximum atomic E-state index is 11.7. The Hall–Kier alpha value is -2.70. The molecule has 0 unspecified atom stereocenters. The van der Waals surface area contributed by atoms with Gasteiger partial charge in [0.25, 0.3) is 5.69 Å². The van der Waals surface area contributed by atoms with Crippen LogP contribution in [0.2, 0.25) is 0 Å². The number of nitro benzene ring substituents is 1. The highest BCUT2D eigenvalue weighted by Gasteiger charge is 2.21. The number of rotatable bonds is 2. The third-order valence-electron chi connectivity index (χ3n) is 2.90. The number of hydrogen-bond donors (Lipinski definition) is 0. The summed E-state index contributed by atoms with van der Waals surface area (Å²) in [7, 11) is 0. The Kier molecular flexibility index (Phi) is 3.27. The largest absolute Gasteiger partial charge is 0.424 e. The van der Waals surface area contributed by atoms with Gasteiger partial charge in [0.2, 0.25) is 5.91 Å². The summed E-state index contributed by atoms with van der Waals surface area (Å²) in [5.41, 5.74) is 0.770. The number of carbonyl (C=O) groups is 2. The topological polar surface area (TPSA) is 91.4 Å². The van der Waals surface area contributed by atoms with Crippen LogP contribution in [0.4, 0.5) is 5.69 Å². The molecule has 0 aliphatic heterocycles. The van der Waals surface area contributed by atoms with E-state index in [1.165, 1.54) is 36.6 Å². The van der Waals surface area contributed by atoms with Gasteiger partial charge in [-0.25, -0.2) is 0 Å². The molecule has 0 N–H and O–H groups in total. The predicted molar refractivity (Wildman–Crippen MR) is 70.9 cm³/mol. The summed E-state index contributed by atoms with van der Waals surface area (Å²) in [6, 6.07) is 4.06. The van der Waals surface area contributed by atoms with Gasteiger partial charge in [-0.3, -0.25) is 24.3 Å². The number of nitro groups is 1. The van der Waals surface area contributed by atoms with Gasteiger partial charge in [-0.2, -0.15) is 0 Å². The van der Waals surface area contributed by atoms with Crippen molar-refractivity contribution in [3.05, 3.63) is 34.0 Å². The summed E-state index contributed by atoms with van der Waals surface area (Å²) in [5.74, 6) is -0.645. The zero-order chi connectivity index (χ0) is 15.0. The molecule has 0 radical (unpaired) electrons. The SMILES string of the molecule is CC(=O)Oc1c(C)n(C(C)=O)c2ccc([N+](=O)[O-])cc12. The maximum Gasteiger partial charge on any atom is 0.308 e. The van der Waals surface area contributed by atoms with Gasteiger partial charge in [0.15, 0.2) is 5.75 Å². The number of esters is 1. The van der Waals surface area contributed by atoms with E-state index < -0.39 is 10.9 Å². The van der Waals surface area contributed by atoms with Gasteiger partial charge in [-0.1, -0.05) is 0 Å². The highest BCUT2D eigenvalue weighted by Crippen LogP contribution is 2.35. The van der Waals surface area contributed by atoms with Crippen molar-refractivity contribution in [1.82, 2.24) is 4.57 Å². The Balaban J connectivity index is 2.83. The molecule has 0 saturated carbocycles. The summed E-state index contributed by atoms with van der Waals surface area (Å²) < 4.78 is 6.45. The average Bonchev–Trinajstić information content (AvgIpc) is 2.61. The smallest absolute Gasteiger partial charge is 0.308 e. The van der Waals surface area contributed by atoms with Crippen molar-refractivity contribution in [2.75, 3.05) is 0 Å². The van der Waals surface area contributed by atoms with Crippen LogP contribution in [0, 0.1) is 17.0 Å². The zero-order valence-electron chi connectivity index (χ0n) is 11.2. The Morgan fingerprint density at radius 3 is 2.45 bits per heavy atom. The van der Waals surface area contributed by atoms with E-state index >= 15 is 0 Å². The molecule has 1 aromatic heterocycles. The lowest BCUT2D eigenvalue weighted by atomic mass is 10.2. The molecular formula is C13H12N2O5. The third-order valence-corrected chi connectivity index (χ3v) is 2.90. The first-order valence-corrected chi connectivity index (χ1v) is 5.81. The molecule has 1 heterocycles. The Bertz CT molecular complexity index is 745. The maximum absolute atomic E-state index is 11.7. The second-order valence-corrected chi connectivity index (χ2v) is 4.32. The predicted octanol–water partition coefficient (Wildman–Crippen LogP) is 2.44. The van der Waals surface area contributed by atoms with E-state index in [0.29, 0.717) is 16.6 Å². The van der Waals surface area contributed by atoms with E-state index in [1.54, 1.807) is 6.92 Å². The van der Waals surface area contributed by atoms with Gasteiger partial charge in [-0.15, -0.1) is 0 Å². The lowest BCUT2D eigenvalue weighted by Crippen LogP contribution is -2.08. The van der Waals surface area contributed by atoms with E-state index in [2.05, 4.69) is 0 Å². The van der Waals surface area contributed by atoms with Gasteiger partial charge in [0.05, 0.1) is 21.5 Å². The minimum Gasteiger partial charge on any atom is -0.424 e. The molecule has 0 bridgehead atoms. The highest BCUT2D eigenvalue weighted by atomic mass is 16.6. The van der Waals surface area contributed by atoms with Crippen LogP contribution in [0.5, 0.6) is 5.75 Å². The standard InChI is InChI=1S/C13H12N2O5/c1-7-13(20-9(3)17)11-6-10(15(18)19)4-5-12(11)14(7)8(2)16/h4-6H,1-3H3. The molecule has 1 aromatic carbocycles. The van der Waals surface area contributed by atoms with Crippen molar-refractivity contribution < 1.29 is 19.2 Å². The van der Waals surface area contributed by atoms with E-state index in [9.17, 15) is 19.7 Å². The van der Waals surface area contributed by atoms with E-state index in [0.717, 1.165) is 0 Å². The molecular weight excluding hydrogens is 264 g/mol. The van der Waals surface area contributed by atoms with Gasteiger partial charge in [-0.05, 0) is 13.0 Å². The summed E-state index contributed by atoms with van der Waals surface area (Å²) in [5, 5.41) is 11.2. The molecule has 7 heteroatoms. The van der Waals surface area contributed by atoms with Crippen LogP contribution in [0.15, 0.2) is 18.2 Å². The minimum absolute atomic E-state index is 0.133. The first-order valence-electron chi connectivity index (χ1n) is 5.81. The van der Waals surface area contributed by atoms with Crippen LogP contribution in [-0.4, -0.2) is 21.4 Å². The summed E-state index contributed by atoms with van der Waals surface area (Å²) in [4.78, 5) is 33.1. The highest BCUT2D eigenvalue weighted by molar-refractivity contribution is 5.99. The molecule has 0 aliphatic carbocycles. The third kappa shape index (κ3) is 2.13. The quantitative estimate of drug-likeness (QED) is 0.477. The molecule has 20 heavy (non-hydrogen) atoms. The zero-order valence-corrected chi connectivity index (χ0v) is 11.2. The number of non-ortho nitro benzene ring substituents is 1. The number of fused-ring (bicyclic) bond motifs is 1. The molecule has 7 nitrogen and oxygen atoms in total. The second kappa shape index (κ2) is 4.76. The van der Waals surface area contributed by atoms with Crippen molar-refractivity contribution in [3.8, 4) is 5.75 Å². The Morgan fingerprint density at radius 2 is 1.95 bits per heavy atom. The molecule has 0 fully saturated rings. The molecule has 0 aliphatic rings. The fourth-order valence-electron chi connectivity index (χ4n) is 2.17. The fraction of sp³-hybridized carbons (Fsp3) is 0.231. The van der Waals surface area contributed by atoms with Crippen molar-refractivity contribution in [1.29, 1.82) is 0 Å².